The van der Waals surface area contributed by atoms with Crippen LogP contribution in [0.1, 0.15) is 25.3 Å². The molecule has 0 saturated carbocycles. The lowest BCUT2D eigenvalue weighted by molar-refractivity contribution is 0.188. The van der Waals surface area contributed by atoms with Crippen molar-refractivity contribution in [2.45, 2.75) is 32.2 Å². The van der Waals surface area contributed by atoms with Crippen LogP contribution in [0.2, 0.25) is 0 Å². The number of benzene rings is 1. The monoisotopic (exact) mass is 257 g/mol. The van der Waals surface area contributed by atoms with Crippen molar-refractivity contribution in [1.82, 2.24) is 5.32 Å². The van der Waals surface area contributed by atoms with E-state index in [4.69, 9.17) is 4.74 Å². The molecule has 18 heavy (non-hydrogen) atoms. The molecule has 0 aromatic heterocycles. The number of nitrogens with one attached hydrogen (secondary N) is 1. The minimum absolute atomic E-state index is 0.228. The molecule has 0 amide bonds. The number of hydrogen-bond acceptors (Lipinski definition) is 2. The number of halogens is 2. The lowest BCUT2D eigenvalue weighted by Crippen LogP contribution is -2.31. The minimum Gasteiger partial charge on any atom is -0.385 e. The molecule has 0 aliphatic heterocycles. The Morgan fingerprint density at radius 1 is 1.22 bits per heavy atom. The third-order valence-corrected chi connectivity index (χ3v) is 2.80. The van der Waals surface area contributed by atoms with E-state index < -0.39 is 11.6 Å². The fourth-order valence-corrected chi connectivity index (χ4v) is 2.05. The SMILES string of the molecule is CCNC(CCCOC)Cc1cc(F)cc(F)c1. The maximum absolute atomic E-state index is 13.1. The number of methoxy groups -OCH3 is 1. The minimum atomic E-state index is -0.517. The Kier molecular flexibility index (Phi) is 6.83. The Bertz CT molecular complexity index is 337. The van der Waals surface area contributed by atoms with Gasteiger partial charge in [-0.2, -0.15) is 0 Å². The van der Waals surface area contributed by atoms with Gasteiger partial charge in [0.25, 0.3) is 0 Å². The van der Waals surface area contributed by atoms with Crippen LogP contribution in [-0.4, -0.2) is 26.3 Å². The fourth-order valence-electron chi connectivity index (χ4n) is 2.05. The van der Waals surface area contributed by atoms with E-state index in [-0.39, 0.29) is 6.04 Å². The summed E-state index contributed by atoms with van der Waals surface area (Å²) in [5, 5.41) is 3.33. The van der Waals surface area contributed by atoms with E-state index in [1.165, 1.54) is 12.1 Å². The van der Waals surface area contributed by atoms with E-state index in [9.17, 15) is 8.78 Å². The second kappa shape index (κ2) is 8.16. The van der Waals surface area contributed by atoms with Gasteiger partial charge in [0.1, 0.15) is 11.6 Å². The van der Waals surface area contributed by atoms with Crippen molar-refractivity contribution >= 4 is 0 Å². The fraction of sp³-hybridized carbons (Fsp3) is 0.571. The predicted octanol–water partition coefficient (Wildman–Crippen LogP) is 2.91. The molecule has 102 valence electrons. The zero-order chi connectivity index (χ0) is 13.4. The third-order valence-electron chi connectivity index (χ3n) is 2.80. The summed E-state index contributed by atoms with van der Waals surface area (Å²) in [6.45, 7) is 3.57. The summed E-state index contributed by atoms with van der Waals surface area (Å²) in [7, 11) is 1.67. The molecule has 1 N–H and O–H groups in total. The molecule has 0 saturated heterocycles. The lowest BCUT2D eigenvalue weighted by Gasteiger charge is -2.18. The van der Waals surface area contributed by atoms with Crippen LogP contribution >= 0.6 is 0 Å². The van der Waals surface area contributed by atoms with E-state index in [1.54, 1.807) is 7.11 Å². The molecular weight excluding hydrogens is 236 g/mol. The summed E-state index contributed by atoms with van der Waals surface area (Å²) >= 11 is 0. The highest BCUT2D eigenvalue weighted by atomic mass is 19.1. The van der Waals surface area contributed by atoms with Crippen molar-refractivity contribution in [3.63, 3.8) is 0 Å². The van der Waals surface area contributed by atoms with E-state index in [1.807, 2.05) is 6.92 Å². The summed E-state index contributed by atoms with van der Waals surface area (Å²) in [6.07, 6.45) is 2.50. The molecule has 0 fully saturated rings. The molecule has 0 aliphatic carbocycles. The second-order valence-electron chi connectivity index (χ2n) is 4.37. The van der Waals surface area contributed by atoms with E-state index >= 15 is 0 Å². The van der Waals surface area contributed by atoms with Crippen LogP contribution in [0.4, 0.5) is 8.78 Å². The van der Waals surface area contributed by atoms with Gasteiger partial charge in [-0.25, -0.2) is 8.78 Å². The molecule has 1 unspecified atom stereocenters. The van der Waals surface area contributed by atoms with Crippen LogP contribution in [0.3, 0.4) is 0 Å². The van der Waals surface area contributed by atoms with Crippen molar-refractivity contribution in [3.8, 4) is 0 Å². The van der Waals surface area contributed by atoms with Crippen LogP contribution in [0.5, 0.6) is 0 Å². The van der Waals surface area contributed by atoms with E-state index in [2.05, 4.69) is 5.32 Å². The zero-order valence-corrected chi connectivity index (χ0v) is 11.0. The van der Waals surface area contributed by atoms with Gasteiger partial charge in [0.2, 0.25) is 0 Å². The Balaban J connectivity index is 2.58. The van der Waals surface area contributed by atoms with Crippen molar-refractivity contribution in [1.29, 1.82) is 0 Å². The topological polar surface area (TPSA) is 21.3 Å². The zero-order valence-electron chi connectivity index (χ0n) is 11.0. The number of likely N-dealkylation sites (N-methyl/N-ethyl adjacent to an activating group) is 1. The molecule has 0 heterocycles. The Hall–Kier alpha value is -1.00. The second-order valence-corrected chi connectivity index (χ2v) is 4.37. The van der Waals surface area contributed by atoms with Gasteiger partial charge in [-0.05, 0) is 43.5 Å². The summed E-state index contributed by atoms with van der Waals surface area (Å²) in [6, 6.07) is 3.91. The summed E-state index contributed by atoms with van der Waals surface area (Å²) < 4.78 is 31.2. The van der Waals surface area contributed by atoms with Gasteiger partial charge < -0.3 is 10.1 Å². The first-order valence-electron chi connectivity index (χ1n) is 6.33. The quantitative estimate of drug-likeness (QED) is 0.723. The molecule has 4 heteroatoms. The average Bonchev–Trinajstić information content (AvgIpc) is 2.28. The normalized spacial score (nSPS) is 12.7. The van der Waals surface area contributed by atoms with Crippen LogP contribution in [-0.2, 0) is 11.2 Å². The highest BCUT2D eigenvalue weighted by molar-refractivity contribution is 5.18. The molecule has 1 atom stereocenters. The maximum atomic E-state index is 13.1. The van der Waals surface area contributed by atoms with Gasteiger partial charge in [-0.15, -0.1) is 0 Å². The van der Waals surface area contributed by atoms with Gasteiger partial charge in [-0.3, -0.25) is 0 Å². The van der Waals surface area contributed by atoms with Gasteiger partial charge in [0.05, 0.1) is 0 Å². The first-order valence-corrected chi connectivity index (χ1v) is 6.33. The third kappa shape index (κ3) is 5.56. The number of ether oxygens (including phenoxy) is 1. The molecule has 1 aromatic rings. The van der Waals surface area contributed by atoms with Crippen molar-refractivity contribution in [2.24, 2.45) is 0 Å². The Morgan fingerprint density at radius 2 is 1.89 bits per heavy atom. The largest absolute Gasteiger partial charge is 0.385 e. The first-order chi connectivity index (χ1) is 8.65. The Morgan fingerprint density at radius 3 is 2.44 bits per heavy atom. The van der Waals surface area contributed by atoms with Gasteiger partial charge in [0.15, 0.2) is 0 Å². The molecular formula is C14H21F2NO. The van der Waals surface area contributed by atoms with Crippen LogP contribution < -0.4 is 5.32 Å². The molecule has 0 aliphatic rings. The summed E-state index contributed by atoms with van der Waals surface area (Å²) in [4.78, 5) is 0. The molecule has 2 nitrogen and oxygen atoms in total. The average molecular weight is 257 g/mol. The van der Waals surface area contributed by atoms with Crippen molar-refractivity contribution in [3.05, 3.63) is 35.4 Å². The molecule has 0 spiro atoms. The van der Waals surface area contributed by atoms with E-state index in [0.717, 1.165) is 25.5 Å². The van der Waals surface area contributed by atoms with Crippen LogP contribution in [0.25, 0.3) is 0 Å². The summed E-state index contributed by atoms with van der Waals surface area (Å²) in [5.41, 5.74) is 0.691. The van der Waals surface area contributed by atoms with Crippen molar-refractivity contribution in [2.75, 3.05) is 20.3 Å². The highest BCUT2D eigenvalue weighted by Gasteiger charge is 2.10. The number of rotatable bonds is 8. The summed E-state index contributed by atoms with van der Waals surface area (Å²) in [5.74, 6) is -1.03. The predicted molar refractivity (Wildman–Crippen MR) is 68.6 cm³/mol. The van der Waals surface area contributed by atoms with Gasteiger partial charge in [-0.1, -0.05) is 6.92 Å². The molecule has 1 rings (SSSR count). The maximum Gasteiger partial charge on any atom is 0.126 e. The smallest absolute Gasteiger partial charge is 0.126 e. The molecule has 0 bridgehead atoms. The Labute approximate surface area is 107 Å². The van der Waals surface area contributed by atoms with Crippen LogP contribution in [0, 0.1) is 11.6 Å². The first kappa shape index (κ1) is 15.1. The standard InChI is InChI=1S/C14H21F2NO/c1-3-17-14(5-4-6-18-2)9-11-7-12(15)10-13(16)8-11/h7-8,10,14,17H,3-6,9H2,1-2H3. The molecule has 1 aromatic carbocycles. The van der Waals surface area contributed by atoms with Crippen molar-refractivity contribution < 1.29 is 13.5 Å². The highest BCUT2D eigenvalue weighted by Crippen LogP contribution is 2.12. The van der Waals surface area contributed by atoms with E-state index in [0.29, 0.717) is 18.6 Å². The number of hydrogen-bond donors (Lipinski definition) is 1. The lowest BCUT2D eigenvalue weighted by atomic mass is 10.0. The van der Waals surface area contributed by atoms with Gasteiger partial charge >= 0.3 is 0 Å². The van der Waals surface area contributed by atoms with Gasteiger partial charge in [0, 0.05) is 25.8 Å². The van der Waals surface area contributed by atoms with Crippen LogP contribution in [0.15, 0.2) is 18.2 Å². The molecule has 0 radical (unpaired) electrons.